The third-order valence-electron chi connectivity index (χ3n) is 4.55. The number of para-hydroxylation sites is 1. The highest BCUT2D eigenvalue weighted by Gasteiger charge is 2.20. The van der Waals surface area contributed by atoms with Gasteiger partial charge in [-0.25, -0.2) is 0 Å². The number of hydrogen-bond donors (Lipinski definition) is 2. The van der Waals surface area contributed by atoms with E-state index in [1.807, 2.05) is 24.3 Å². The number of nitrogens with two attached hydrogens (primary N) is 1. The van der Waals surface area contributed by atoms with Crippen molar-refractivity contribution < 1.29 is 9.32 Å². The van der Waals surface area contributed by atoms with Crippen LogP contribution in [0.15, 0.2) is 28.8 Å². The molecule has 1 aliphatic heterocycles. The predicted octanol–water partition coefficient (Wildman–Crippen LogP) is 1.69. The lowest BCUT2D eigenvalue weighted by atomic mass is 10.1. The summed E-state index contributed by atoms with van der Waals surface area (Å²) in [6.07, 6.45) is 0.900. The van der Waals surface area contributed by atoms with Crippen LogP contribution in [0.1, 0.15) is 24.2 Å². The number of aryl methyl sites for hydroxylation is 1. The van der Waals surface area contributed by atoms with Crippen molar-refractivity contribution in [1.82, 2.24) is 19.9 Å². The van der Waals surface area contributed by atoms with Gasteiger partial charge in [-0.3, -0.25) is 14.6 Å². The van der Waals surface area contributed by atoms with Crippen molar-refractivity contribution in [3.05, 3.63) is 41.5 Å². The van der Waals surface area contributed by atoms with Gasteiger partial charge in [0, 0.05) is 31.9 Å². The number of carbonyl (C=O) groups is 1. The minimum absolute atomic E-state index is 0. The Labute approximate surface area is 177 Å². The van der Waals surface area contributed by atoms with Gasteiger partial charge in [0.05, 0.1) is 19.6 Å². The number of halogens is 2. The zero-order valence-electron chi connectivity index (χ0n) is 16.0. The van der Waals surface area contributed by atoms with Crippen molar-refractivity contribution in [2.75, 3.05) is 38.0 Å². The maximum absolute atomic E-state index is 12.3. The Morgan fingerprint density at radius 2 is 1.86 bits per heavy atom. The number of amides is 1. The van der Waals surface area contributed by atoms with Crippen molar-refractivity contribution >= 4 is 36.4 Å². The van der Waals surface area contributed by atoms with E-state index in [9.17, 15) is 4.79 Å². The van der Waals surface area contributed by atoms with Crippen LogP contribution >= 0.6 is 24.8 Å². The minimum Gasteiger partial charge on any atom is -0.338 e. The summed E-state index contributed by atoms with van der Waals surface area (Å²) in [5.41, 5.74) is 7.54. The number of anilines is 1. The largest absolute Gasteiger partial charge is 0.338 e. The highest BCUT2D eigenvalue weighted by atomic mass is 35.5. The number of nitrogens with zero attached hydrogens (tertiary/aromatic N) is 4. The molecule has 8 nitrogen and oxygen atoms in total. The lowest BCUT2D eigenvalue weighted by Crippen LogP contribution is -2.48. The van der Waals surface area contributed by atoms with Gasteiger partial charge in [0.1, 0.15) is 0 Å². The Kier molecular flexibility index (Phi) is 10.4. The van der Waals surface area contributed by atoms with Gasteiger partial charge in [0.2, 0.25) is 11.8 Å². The molecule has 10 heteroatoms. The second-order valence-electron chi connectivity index (χ2n) is 6.42. The summed E-state index contributed by atoms with van der Waals surface area (Å²) in [7, 11) is 0. The maximum atomic E-state index is 12.3. The molecule has 0 unspecified atom stereocenters. The van der Waals surface area contributed by atoms with E-state index in [2.05, 4.69) is 32.2 Å². The first-order valence-corrected chi connectivity index (χ1v) is 9.02. The lowest BCUT2D eigenvalue weighted by molar-refractivity contribution is -0.117. The number of rotatable bonds is 7. The average molecular weight is 431 g/mol. The summed E-state index contributed by atoms with van der Waals surface area (Å²) in [4.78, 5) is 21.0. The van der Waals surface area contributed by atoms with Crippen molar-refractivity contribution in [2.45, 2.75) is 26.4 Å². The summed E-state index contributed by atoms with van der Waals surface area (Å²) in [6.45, 7) is 6.81. The lowest BCUT2D eigenvalue weighted by Gasteiger charge is -2.33. The van der Waals surface area contributed by atoms with Gasteiger partial charge < -0.3 is 15.6 Å². The molecule has 2 heterocycles. The number of piperazine rings is 1. The Balaban J connectivity index is 0.00000196. The molecule has 0 spiro atoms. The zero-order valence-corrected chi connectivity index (χ0v) is 17.6. The van der Waals surface area contributed by atoms with Crippen LogP contribution in [0.4, 0.5) is 5.69 Å². The van der Waals surface area contributed by atoms with Gasteiger partial charge in [-0.1, -0.05) is 30.3 Å². The molecule has 156 valence electrons. The number of carbonyl (C=O) groups excluding carboxylic acids is 1. The van der Waals surface area contributed by atoms with Gasteiger partial charge in [0.25, 0.3) is 0 Å². The molecule has 1 aliphatic rings. The first kappa shape index (κ1) is 24.3. The fourth-order valence-corrected chi connectivity index (χ4v) is 3.09. The second-order valence-corrected chi connectivity index (χ2v) is 6.42. The Bertz CT molecular complexity index is 734. The van der Waals surface area contributed by atoms with Gasteiger partial charge in [-0.15, -0.1) is 24.8 Å². The highest BCUT2D eigenvalue weighted by Crippen LogP contribution is 2.15. The zero-order chi connectivity index (χ0) is 18.4. The summed E-state index contributed by atoms with van der Waals surface area (Å²) >= 11 is 0. The van der Waals surface area contributed by atoms with Crippen LogP contribution in [0.5, 0.6) is 0 Å². The molecule has 0 radical (unpaired) electrons. The Morgan fingerprint density at radius 1 is 1.18 bits per heavy atom. The van der Waals surface area contributed by atoms with E-state index >= 15 is 0 Å². The standard InChI is InChI=1S/C18H26N6O2.2ClH/c1-2-14-5-3-4-6-15(14)20-17(25)13-24-9-7-23(8-10-24)12-16-21-18(11-19)26-22-16;;/h3-6H,2,7-13,19H2,1H3,(H,20,25);2*1H. The van der Waals surface area contributed by atoms with E-state index in [0.717, 1.165) is 43.9 Å². The fourth-order valence-electron chi connectivity index (χ4n) is 3.09. The third-order valence-corrected chi connectivity index (χ3v) is 4.55. The normalized spacial score (nSPS) is 14.8. The minimum atomic E-state index is 0. The van der Waals surface area contributed by atoms with E-state index in [1.165, 1.54) is 0 Å². The highest BCUT2D eigenvalue weighted by molar-refractivity contribution is 5.93. The van der Waals surface area contributed by atoms with E-state index in [4.69, 9.17) is 10.3 Å². The molecule has 3 rings (SSSR count). The predicted molar refractivity (Wildman–Crippen MR) is 113 cm³/mol. The molecule has 0 bridgehead atoms. The molecule has 1 fully saturated rings. The summed E-state index contributed by atoms with van der Waals surface area (Å²) in [5, 5.41) is 6.96. The van der Waals surface area contributed by atoms with E-state index in [1.54, 1.807) is 0 Å². The Hall–Kier alpha value is -1.71. The first-order valence-electron chi connectivity index (χ1n) is 9.02. The quantitative estimate of drug-likeness (QED) is 0.688. The van der Waals surface area contributed by atoms with Crippen LogP contribution in [-0.2, 0) is 24.3 Å². The molecular weight excluding hydrogens is 403 g/mol. The van der Waals surface area contributed by atoms with Crippen molar-refractivity contribution in [1.29, 1.82) is 0 Å². The number of hydrogen-bond acceptors (Lipinski definition) is 7. The molecule has 1 amide bonds. The van der Waals surface area contributed by atoms with Crippen molar-refractivity contribution in [3.63, 3.8) is 0 Å². The fraction of sp³-hybridized carbons (Fsp3) is 0.500. The van der Waals surface area contributed by atoms with E-state index in [-0.39, 0.29) is 37.3 Å². The smallest absolute Gasteiger partial charge is 0.240 e. The molecule has 0 atom stereocenters. The van der Waals surface area contributed by atoms with E-state index in [0.29, 0.717) is 24.8 Å². The topological polar surface area (TPSA) is 101 Å². The maximum Gasteiger partial charge on any atom is 0.240 e. The number of nitrogens with one attached hydrogen (secondary N) is 1. The summed E-state index contributed by atoms with van der Waals surface area (Å²) < 4.78 is 5.03. The number of benzene rings is 1. The SMILES string of the molecule is CCc1ccccc1NC(=O)CN1CCN(Cc2noc(CN)n2)CC1.Cl.Cl. The second kappa shape index (κ2) is 12.0. The van der Waals surface area contributed by atoms with Gasteiger partial charge in [0.15, 0.2) is 5.82 Å². The summed E-state index contributed by atoms with van der Waals surface area (Å²) in [6, 6.07) is 7.94. The van der Waals surface area contributed by atoms with E-state index < -0.39 is 0 Å². The van der Waals surface area contributed by atoms with Crippen molar-refractivity contribution in [2.24, 2.45) is 5.73 Å². The molecule has 1 saturated heterocycles. The van der Waals surface area contributed by atoms with Crippen LogP contribution in [0, 0.1) is 0 Å². The van der Waals surface area contributed by atoms with Crippen molar-refractivity contribution in [3.8, 4) is 0 Å². The molecule has 1 aromatic heterocycles. The van der Waals surface area contributed by atoms with Gasteiger partial charge in [-0.2, -0.15) is 4.98 Å². The monoisotopic (exact) mass is 430 g/mol. The molecule has 1 aromatic carbocycles. The molecule has 0 saturated carbocycles. The van der Waals surface area contributed by atoms with Crippen LogP contribution in [0.2, 0.25) is 0 Å². The molecular formula is C18H28Cl2N6O2. The number of aromatic nitrogens is 2. The Morgan fingerprint density at radius 3 is 2.50 bits per heavy atom. The molecule has 0 aliphatic carbocycles. The van der Waals surface area contributed by atoms with Crippen LogP contribution < -0.4 is 11.1 Å². The van der Waals surface area contributed by atoms with Gasteiger partial charge in [-0.05, 0) is 18.1 Å². The molecule has 2 aromatic rings. The van der Waals surface area contributed by atoms with Crippen LogP contribution in [0.25, 0.3) is 0 Å². The molecule has 28 heavy (non-hydrogen) atoms. The summed E-state index contributed by atoms with van der Waals surface area (Å²) in [5.74, 6) is 1.15. The first-order chi connectivity index (χ1) is 12.7. The van der Waals surface area contributed by atoms with Crippen LogP contribution in [-0.4, -0.2) is 58.6 Å². The third kappa shape index (κ3) is 6.72. The van der Waals surface area contributed by atoms with Gasteiger partial charge >= 0.3 is 0 Å². The average Bonchev–Trinajstić information content (AvgIpc) is 3.11. The van der Waals surface area contributed by atoms with Crippen LogP contribution in [0.3, 0.4) is 0 Å². The molecule has 3 N–H and O–H groups in total.